The molecular weight excluding hydrogens is 219 g/mol. The summed E-state index contributed by atoms with van der Waals surface area (Å²) >= 11 is 0. The maximum atomic E-state index is 13.4. The Hall–Kier alpha value is -1.60. The summed E-state index contributed by atoms with van der Waals surface area (Å²) < 4.78 is 13.4. The Morgan fingerprint density at radius 2 is 2.24 bits per heavy atom. The van der Waals surface area contributed by atoms with Crippen LogP contribution in [0.4, 0.5) is 10.1 Å². The number of aliphatic hydroxyl groups excluding tert-OH is 1. The van der Waals surface area contributed by atoms with E-state index in [4.69, 9.17) is 5.26 Å². The zero-order chi connectivity index (χ0) is 12.6. The molecule has 1 saturated carbocycles. The van der Waals surface area contributed by atoms with Crippen LogP contribution in [0.2, 0.25) is 0 Å². The van der Waals surface area contributed by atoms with E-state index in [1.807, 2.05) is 19.9 Å². The summed E-state index contributed by atoms with van der Waals surface area (Å²) in [6, 6.07) is 6.44. The molecule has 0 heterocycles. The first-order valence-corrected chi connectivity index (χ1v) is 5.60. The summed E-state index contributed by atoms with van der Waals surface area (Å²) in [5, 5.41) is 21.7. The molecule has 1 aliphatic rings. The van der Waals surface area contributed by atoms with E-state index in [0.29, 0.717) is 12.1 Å². The molecule has 4 heteroatoms. The molecule has 1 aliphatic carbocycles. The number of nitriles is 1. The van der Waals surface area contributed by atoms with Crippen molar-refractivity contribution in [3.63, 3.8) is 0 Å². The smallest absolute Gasteiger partial charge is 0.143 e. The number of aliphatic hydroxyl groups is 1. The van der Waals surface area contributed by atoms with Gasteiger partial charge in [-0.2, -0.15) is 5.26 Å². The van der Waals surface area contributed by atoms with Gasteiger partial charge in [0.25, 0.3) is 0 Å². The maximum absolute atomic E-state index is 13.4. The van der Waals surface area contributed by atoms with Crippen molar-refractivity contribution in [2.45, 2.75) is 32.4 Å². The second-order valence-electron chi connectivity index (χ2n) is 5.04. The lowest BCUT2D eigenvalue weighted by atomic mass is 9.64. The number of hydrogen-bond donors (Lipinski definition) is 2. The van der Waals surface area contributed by atoms with E-state index < -0.39 is 5.82 Å². The molecule has 0 radical (unpaired) electrons. The van der Waals surface area contributed by atoms with Crippen LogP contribution in [0.15, 0.2) is 18.2 Å². The number of benzene rings is 1. The number of rotatable bonds is 2. The van der Waals surface area contributed by atoms with Gasteiger partial charge in [0.05, 0.1) is 11.8 Å². The third kappa shape index (κ3) is 1.87. The SMILES string of the molecule is CC1(C)C(O)CC1Nc1cccc(F)c1C#N. The van der Waals surface area contributed by atoms with Crippen LogP contribution in [0.1, 0.15) is 25.8 Å². The molecule has 0 saturated heterocycles. The van der Waals surface area contributed by atoms with Gasteiger partial charge in [-0.25, -0.2) is 4.39 Å². The highest BCUT2D eigenvalue weighted by atomic mass is 19.1. The molecule has 2 unspecified atom stereocenters. The first-order valence-electron chi connectivity index (χ1n) is 5.60. The monoisotopic (exact) mass is 234 g/mol. The normalized spacial score (nSPS) is 25.8. The van der Waals surface area contributed by atoms with Crippen molar-refractivity contribution in [3.8, 4) is 6.07 Å². The third-order valence-electron chi connectivity index (χ3n) is 3.67. The van der Waals surface area contributed by atoms with Gasteiger partial charge in [0.1, 0.15) is 17.4 Å². The van der Waals surface area contributed by atoms with Gasteiger partial charge in [-0.1, -0.05) is 19.9 Å². The highest BCUT2D eigenvalue weighted by Gasteiger charge is 2.47. The predicted octanol–water partition coefficient (Wildman–Crippen LogP) is 2.27. The molecule has 1 aromatic rings. The first kappa shape index (κ1) is 11.9. The molecule has 0 spiro atoms. The predicted molar refractivity (Wildman–Crippen MR) is 62.9 cm³/mol. The van der Waals surface area contributed by atoms with Gasteiger partial charge in [0, 0.05) is 11.5 Å². The van der Waals surface area contributed by atoms with Crippen LogP contribution < -0.4 is 5.32 Å². The maximum Gasteiger partial charge on any atom is 0.143 e. The van der Waals surface area contributed by atoms with Crippen molar-refractivity contribution in [1.82, 2.24) is 0 Å². The Kier molecular flexibility index (Phi) is 2.80. The number of nitrogens with zero attached hydrogens (tertiary/aromatic N) is 1. The average molecular weight is 234 g/mol. The minimum Gasteiger partial charge on any atom is -0.392 e. The molecule has 17 heavy (non-hydrogen) atoms. The van der Waals surface area contributed by atoms with Crippen molar-refractivity contribution in [2.24, 2.45) is 5.41 Å². The van der Waals surface area contributed by atoms with E-state index in [1.54, 1.807) is 12.1 Å². The second-order valence-corrected chi connectivity index (χ2v) is 5.04. The topological polar surface area (TPSA) is 56.0 Å². The first-order chi connectivity index (χ1) is 7.96. The van der Waals surface area contributed by atoms with Gasteiger partial charge in [-0.3, -0.25) is 0 Å². The van der Waals surface area contributed by atoms with E-state index in [0.717, 1.165) is 0 Å². The van der Waals surface area contributed by atoms with Gasteiger partial charge in [-0.05, 0) is 18.6 Å². The van der Waals surface area contributed by atoms with Gasteiger partial charge in [0.15, 0.2) is 0 Å². The zero-order valence-electron chi connectivity index (χ0n) is 9.87. The molecular formula is C13H15FN2O. The second kappa shape index (κ2) is 4.01. The quantitative estimate of drug-likeness (QED) is 0.825. The summed E-state index contributed by atoms with van der Waals surface area (Å²) in [4.78, 5) is 0. The lowest BCUT2D eigenvalue weighted by Gasteiger charge is -2.49. The number of halogens is 1. The summed E-state index contributed by atoms with van der Waals surface area (Å²) in [6.07, 6.45) is 0.271. The molecule has 1 fully saturated rings. The minimum absolute atomic E-state index is 0.0321. The Bertz CT molecular complexity index is 479. The summed E-state index contributed by atoms with van der Waals surface area (Å²) in [7, 11) is 0. The highest BCUT2D eigenvalue weighted by molar-refractivity contribution is 5.59. The van der Waals surface area contributed by atoms with Crippen molar-refractivity contribution in [1.29, 1.82) is 5.26 Å². The molecule has 2 N–H and O–H groups in total. The van der Waals surface area contributed by atoms with Crippen LogP contribution in [0.25, 0.3) is 0 Å². The van der Waals surface area contributed by atoms with Gasteiger partial charge < -0.3 is 10.4 Å². The number of hydrogen-bond acceptors (Lipinski definition) is 3. The van der Waals surface area contributed by atoms with Gasteiger partial charge in [0.2, 0.25) is 0 Å². The van der Waals surface area contributed by atoms with Crippen molar-refractivity contribution >= 4 is 5.69 Å². The van der Waals surface area contributed by atoms with Gasteiger partial charge >= 0.3 is 0 Å². The molecule has 1 aromatic carbocycles. The summed E-state index contributed by atoms with van der Waals surface area (Å²) in [6.45, 7) is 3.90. The molecule has 0 aliphatic heterocycles. The van der Waals surface area contributed by atoms with Crippen LogP contribution >= 0.6 is 0 Å². The lowest BCUT2D eigenvalue weighted by molar-refractivity contribution is -0.0510. The van der Waals surface area contributed by atoms with Crippen molar-refractivity contribution in [3.05, 3.63) is 29.6 Å². The van der Waals surface area contributed by atoms with Crippen LogP contribution in [0.5, 0.6) is 0 Å². The minimum atomic E-state index is -0.518. The largest absolute Gasteiger partial charge is 0.392 e. The zero-order valence-corrected chi connectivity index (χ0v) is 9.87. The average Bonchev–Trinajstić information content (AvgIpc) is 2.29. The Labute approximate surface area is 99.9 Å². The van der Waals surface area contributed by atoms with Gasteiger partial charge in [-0.15, -0.1) is 0 Å². The van der Waals surface area contributed by atoms with Crippen molar-refractivity contribution in [2.75, 3.05) is 5.32 Å². The van der Waals surface area contributed by atoms with E-state index >= 15 is 0 Å². The van der Waals surface area contributed by atoms with E-state index in [1.165, 1.54) is 6.07 Å². The third-order valence-corrected chi connectivity index (χ3v) is 3.67. The molecule has 2 rings (SSSR count). The molecule has 90 valence electrons. The van der Waals surface area contributed by atoms with Crippen LogP contribution in [0, 0.1) is 22.6 Å². The fourth-order valence-corrected chi connectivity index (χ4v) is 2.09. The van der Waals surface area contributed by atoms with E-state index in [9.17, 15) is 9.50 Å². The fourth-order valence-electron chi connectivity index (χ4n) is 2.09. The van der Waals surface area contributed by atoms with Crippen LogP contribution in [-0.4, -0.2) is 17.3 Å². The molecule has 3 nitrogen and oxygen atoms in total. The van der Waals surface area contributed by atoms with Crippen LogP contribution in [-0.2, 0) is 0 Å². The number of anilines is 1. The molecule has 2 atom stereocenters. The standard InChI is InChI=1S/C13H15FN2O/c1-13(2)11(6-12(13)17)16-10-5-3-4-9(14)8(10)7-15/h3-5,11-12,16-17H,6H2,1-2H3. The summed E-state index contributed by atoms with van der Waals surface area (Å²) in [5.74, 6) is -0.518. The Morgan fingerprint density at radius 1 is 1.53 bits per heavy atom. The Balaban J connectivity index is 2.21. The fraction of sp³-hybridized carbons (Fsp3) is 0.462. The van der Waals surface area contributed by atoms with Crippen molar-refractivity contribution < 1.29 is 9.50 Å². The number of nitrogens with one attached hydrogen (secondary N) is 1. The van der Waals surface area contributed by atoms with E-state index in [2.05, 4.69) is 5.32 Å². The molecule has 0 amide bonds. The summed E-state index contributed by atoms with van der Waals surface area (Å²) in [5.41, 5.74) is 0.279. The molecule has 0 bridgehead atoms. The highest BCUT2D eigenvalue weighted by Crippen LogP contribution is 2.42. The lowest BCUT2D eigenvalue weighted by Crippen LogP contribution is -2.57. The molecule has 0 aromatic heterocycles. The Morgan fingerprint density at radius 3 is 2.76 bits per heavy atom. The van der Waals surface area contributed by atoms with Crippen LogP contribution in [0.3, 0.4) is 0 Å². The van der Waals surface area contributed by atoms with E-state index in [-0.39, 0.29) is 23.1 Å².